The Kier molecular flexibility index (Phi) is 5.83. The number of nitrogens with zero attached hydrogens (tertiary/aromatic N) is 4. The SMILES string of the molecule is COc1ccc(C)cc1-n1nnnc1SCC(=O)Nc1ccc(F)c(F)c1F. The fourth-order valence-electron chi connectivity index (χ4n) is 2.32. The normalized spacial score (nSPS) is 10.8. The highest BCUT2D eigenvalue weighted by molar-refractivity contribution is 7.99. The molecule has 3 aromatic rings. The number of hydrogen-bond donors (Lipinski definition) is 1. The Morgan fingerprint density at radius 3 is 2.75 bits per heavy atom. The van der Waals surface area contributed by atoms with Crippen molar-refractivity contribution in [2.24, 2.45) is 0 Å². The summed E-state index contributed by atoms with van der Waals surface area (Å²) >= 11 is 0.983. The molecule has 0 aliphatic rings. The van der Waals surface area contributed by atoms with Crippen molar-refractivity contribution in [3.8, 4) is 11.4 Å². The maximum atomic E-state index is 13.7. The van der Waals surface area contributed by atoms with Gasteiger partial charge in [-0.2, -0.15) is 4.68 Å². The molecule has 0 aliphatic carbocycles. The van der Waals surface area contributed by atoms with Crippen LogP contribution >= 0.6 is 11.8 Å². The van der Waals surface area contributed by atoms with E-state index in [1.54, 1.807) is 6.07 Å². The lowest BCUT2D eigenvalue weighted by molar-refractivity contribution is -0.113. The lowest BCUT2D eigenvalue weighted by Crippen LogP contribution is -2.16. The van der Waals surface area contributed by atoms with E-state index < -0.39 is 29.0 Å². The second kappa shape index (κ2) is 8.30. The van der Waals surface area contributed by atoms with Crippen LogP contribution in [0.1, 0.15) is 5.56 Å². The predicted molar refractivity (Wildman–Crippen MR) is 96.1 cm³/mol. The second-order valence-electron chi connectivity index (χ2n) is 5.61. The number of nitrogens with one attached hydrogen (secondary N) is 1. The first-order valence-corrected chi connectivity index (χ1v) is 8.88. The first kappa shape index (κ1) is 19.7. The predicted octanol–water partition coefficient (Wildman–Crippen LogP) is 3.13. The molecule has 0 fully saturated rings. The minimum absolute atomic E-state index is 0.188. The van der Waals surface area contributed by atoms with Crippen LogP contribution in [0.5, 0.6) is 5.75 Å². The molecule has 1 aromatic heterocycles. The zero-order valence-electron chi connectivity index (χ0n) is 14.7. The molecule has 0 bridgehead atoms. The minimum Gasteiger partial charge on any atom is -0.494 e. The molecular formula is C17H14F3N5O2S. The van der Waals surface area contributed by atoms with Crippen LogP contribution < -0.4 is 10.1 Å². The molecule has 1 amide bonds. The van der Waals surface area contributed by atoms with Crippen molar-refractivity contribution in [2.75, 3.05) is 18.2 Å². The van der Waals surface area contributed by atoms with Crippen molar-refractivity contribution in [3.63, 3.8) is 0 Å². The van der Waals surface area contributed by atoms with E-state index in [1.165, 1.54) is 11.8 Å². The van der Waals surface area contributed by atoms with Gasteiger partial charge in [-0.15, -0.1) is 5.10 Å². The zero-order valence-corrected chi connectivity index (χ0v) is 15.6. The van der Waals surface area contributed by atoms with Crippen LogP contribution in [-0.2, 0) is 4.79 Å². The Morgan fingerprint density at radius 2 is 2.00 bits per heavy atom. The van der Waals surface area contributed by atoms with Crippen LogP contribution in [-0.4, -0.2) is 39.0 Å². The second-order valence-corrected chi connectivity index (χ2v) is 6.55. The van der Waals surface area contributed by atoms with E-state index in [1.807, 2.05) is 19.1 Å². The maximum Gasteiger partial charge on any atom is 0.234 e. The lowest BCUT2D eigenvalue weighted by atomic mass is 10.2. The maximum absolute atomic E-state index is 13.7. The van der Waals surface area contributed by atoms with Crippen LogP contribution in [0.2, 0.25) is 0 Å². The van der Waals surface area contributed by atoms with Crippen LogP contribution in [0.3, 0.4) is 0 Å². The summed E-state index contributed by atoms with van der Waals surface area (Å²) in [6.07, 6.45) is 0. The summed E-state index contributed by atoms with van der Waals surface area (Å²) in [5, 5.41) is 13.9. The quantitative estimate of drug-likeness (QED) is 0.498. The number of methoxy groups -OCH3 is 1. The van der Waals surface area contributed by atoms with Crippen LogP contribution in [0.25, 0.3) is 5.69 Å². The van der Waals surface area contributed by atoms with Gasteiger partial charge in [0.05, 0.1) is 18.6 Å². The van der Waals surface area contributed by atoms with Crippen molar-refractivity contribution < 1.29 is 22.7 Å². The number of aromatic nitrogens is 4. The number of carbonyl (C=O) groups is 1. The summed E-state index contributed by atoms with van der Waals surface area (Å²) in [5.41, 5.74) is 1.08. The number of aryl methyl sites for hydroxylation is 1. The van der Waals surface area contributed by atoms with Gasteiger partial charge in [0, 0.05) is 0 Å². The van der Waals surface area contributed by atoms with Gasteiger partial charge in [-0.3, -0.25) is 4.79 Å². The van der Waals surface area contributed by atoms with Crippen molar-refractivity contribution in [3.05, 3.63) is 53.3 Å². The summed E-state index contributed by atoms with van der Waals surface area (Å²) < 4.78 is 46.6. The van der Waals surface area contributed by atoms with E-state index in [9.17, 15) is 18.0 Å². The summed E-state index contributed by atoms with van der Waals surface area (Å²) in [6.45, 7) is 1.89. The Hall–Kier alpha value is -3.08. The molecule has 146 valence electrons. The number of hydrogen-bond acceptors (Lipinski definition) is 6. The van der Waals surface area contributed by atoms with Gasteiger partial charge < -0.3 is 10.1 Å². The smallest absolute Gasteiger partial charge is 0.234 e. The van der Waals surface area contributed by atoms with E-state index in [2.05, 4.69) is 20.8 Å². The van der Waals surface area contributed by atoms with Gasteiger partial charge in [-0.1, -0.05) is 17.8 Å². The van der Waals surface area contributed by atoms with Gasteiger partial charge in [0.1, 0.15) is 11.4 Å². The molecule has 3 rings (SSSR count). The zero-order chi connectivity index (χ0) is 20.3. The largest absolute Gasteiger partial charge is 0.494 e. The number of benzene rings is 2. The van der Waals surface area contributed by atoms with Crippen LogP contribution in [0.4, 0.5) is 18.9 Å². The molecule has 0 saturated carbocycles. The van der Waals surface area contributed by atoms with E-state index >= 15 is 0 Å². The molecule has 28 heavy (non-hydrogen) atoms. The fourth-order valence-corrected chi connectivity index (χ4v) is 3.01. The highest BCUT2D eigenvalue weighted by Crippen LogP contribution is 2.27. The van der Waals surface area contributed by atoms with Gasteiger partial charge in [0.15, 0.2) is 17.5 Å². The standard InChI is InChI=1S/C17H14F3N5O2S/c1-9-3-6-13(27-2)12(7-9)25-17(22-23-24-25)28-8-14(26)21-11-5-4-10(18)15(19)16(11)20/h3-7H,8H2,1-2H3,(H,21,26). The first-order chi connectivity index (χ1) is 13.4. The van der Waals surface area contributed by atoms with Crippen LogP contribution in [0.15, 0.2) is 35.5 Å². The molecule has 1 N–H and O–H groups in total. The van der Waals surface area contributed by atoms with E-state index in [4.69, 9.17) is 4.74 Å². The lowest BCUT2D eigenvalue weighted by Gasteiger charge is -2.10. The summed E-state index contributed by atoms with van der Waals surface area (Å²) in [5.74, 6) is -4.74. The molecule has 0 saturated heterocycles. The van der Waals surface area contributed by atoms with Gasteiger partial charge in [0.2, 0.25) is 11.1 Å². The van der Waals surface area contributed by atoms with E-state index in [-0.39, 0.29) is 5.75 Å². The molecule has 0 aliphatic heterocycles. The molecule has 2 aromatic carbocycles. The molecule has 0 unspecified atom stereocenters. The van der Waals surface area contributed by atoms with Gasteiger partial charge in [-0.25, -0.2) is 13.2 Å². The number of amides is 1. The fraction of sp³-hybridized carbons (Fsp3) is 0.176. The third-order valence-electron chi connectivity index (χ3n) is 3.65. The summed E-state index contributed by atoms with van der Waals surface area (Å²) in [6, 6.07) is 7.11. The third-order valence-corrected chi connectivity index (χ3v) is 4.56. The summed E-state index contributed by atoms with van der Waals surface area (Å²) in [7, 11) is 1.51. The first-order valence-electron chi connectivity index (χ1n) is 7.90. The van der Waals surface area contributed by atoms with Crippen molar-refractivity contribution >= 4 is 23.4 Å². The topological polar surface area (TPSA) is 81.9 Å². The Bertz CT molecular complexity index is 1030. The van der Waals surface area contributed by atoms with Gasteiger partial charge in [0.25, 0.3) is 0 Å². The average Bonchev–Trinajstić information content (AvgIpc) is 3.15. The van der Waals surface area contributed by atoms with Crippen molar-refractivity contribution in [1.82, 2.24) is 20.2 Å². The number of rotatable bonds is 6. The monoisotopic (exact) mass is 409 g/mol. The number of thioether (sulfide) groups is 1. The number of anilines is 1. The van der Waals surface area contributed by atoms with E-state index in [0.717, 1.165) is 29.5 Å². The molecule has 0 radical (unpaired) electrons. The average molecular weight is 409 g/mol. The van der Waals surface area contributed by atoms with Crippen molar-refractivity contribution in [1.29, 1.82) is 0 Å². The summed E-state index contributed by atoms with van der Waals surface area (Å²) in [4.78, 5) is 12.1. The third kappa shape index (κ3) is 4.09. The molecule has 11 heteroatoms. The molecule has 1 heterocycles. The molecule has 7 nitrogen and oxygen atoms in total. The van der Waals surface area contributed by atoms with E-state index in [0.29, 0.717) is 16.6 Å². The Morgan fingerprint density at radius 1 is 1.21 bits per heavy atom. The Labute approximate surface area is 161 Å². The Balaban J connectivity index is 1.73. The highest BCUT2D eigenvalue weighted by atomic mass is 32.2. The number of halogens is 3. The number of carbonyl (C=O) groups excluding carboxylic acids is 1. The molecular weight excluding hydrogens is 395 g/mol. The van der Waals surface area contributed by atoms with Crippen molar-refractivity contribution in [2.45, 2.75) is 12.1 Å². The molecule has 0 spiro atoms. The minimum atomic E-state index is -1.65. The van der Waals surface area contributed by atoms with Gasteiger partial charge >= 0.3 is 0 Å². The van der Waals surface area contributed by atoms with Crippen LogP contribution in [0, 0.1) is 24.4 Å². The highest BCUT2D eigenvalue weighted by Gasteiger charge is 2.18. The number of ether oxygens (including phenoxy) is 1. The number of tetrazole rings is 1. The van der Waals surface area contributed by atoms with Gasteiger partial charge in [-0.05, 0) is 47.2 Å². The molecule has 0 atom stereocenters.